The van der Waals surface area contributed by atoms with Crippen molar-refractivity contribution in [2.45, 2.75) is 65.7 Å². The fourth-order valence-corrected chi connectivity index (χ4v) is 12.7. The van der Waals surface area contributed by atoms with E-state index < -0.39 is 0 Å². The first-order valence-electron chi connectivity index (χ1n) is 11.2. The molecule has 0 bridgehead atoms. The number of unbranched alkanes of at least 4 members (excludes halogenated alkanes) is 1. The normalized spacial score (nSPS) is 80.7. The molecule has 0 amide bonds. The summed E-state index contributed by atoms with van der Waals surface area (Å²) >= 11 is 0. The minimum absolute atomic E-state index is 0.996. The maximum Gasteiger partial charge on any atom is -0.0124 e. The summed E-state index contributed by atoms with van der Waals surface area (Å²) in [6.45, 7) is 7.44. The Hall–Kier alpha value is 0. The number of rotatable bonds is 5. The van der Waals surface area contributed by atoms with Gasteiger partial charge in [-0.2, -0.15) is 0 Å². The van der Waals surface area contributed by atoms with Crippen molar-refractivity contribution in [1.82, 2.24) is 0 Å². The van der Waals surface area contributed by atoms with Crippen LogP contribution in [-0.2, 0) is 0 Å². The molecule has 8 fully saturated rings. The van der Waals surface area contributed by atoms with E-state index in [1.807, 2.05) is 0 Å². The monoisotopic (exact) mass is 308 g/mol. The summed E-state index contributed by atoms with van der Waals surface area (Å²) in [4.78, 5) is 0. The molecule has 0 radical (unpaired) electrons. The van der Waals surface area contributed by atoms with Gasteiger partial charge in [-0.15, -0.1) is 0 Å². The first-order valence-corrected chi connectivity index (χ1v) is 11.2. The smallest absolute Gasteiger partial charge is 0.0124 e. The van der Waals surface area contributed by atoms with Gasteiger partial charge in [0.2, 0.25) is 0 Å². The Kier molecular flexibility index (Phi) is 1.55. The average molecular weight is 309 g/mol. The van der Waals surface area contributed by atoms with Crippen LogP contribution in [0, 0.1) is 74.9 Å². The van der Waals surface area contributed by atoms with E-state index in [1.165, 1.54) is 66.6 Å². The van der Waals surface area contributed by atoms with Crippen molar-refractivity contribution in [1.29, 1.82) is 0 Å². The predicted octanol–water partition coefficient (Wildman–Crippen LogP) is 5.38. The molecule has 8 aliphatic carbocycles. The highest BCUT2D eigenvalue weighted by atomic mass is 15.3. The predicted molar refractivity (Wildman–Crippen MR) is 90.5 cm³/mol. The fourth-order valence-electron chi connectivity index (χ4n) is 12.7. The Balaban J connectivity index is 1.10. The van der Waals surface area contributed by atoms with Crippen LogP contribution in [0.5, 0.6) is 0 Å². The van der Waals surface area contributed by atoms with Gasteiger partial charge in [-0.1, -0.05) is 46.5 Å². The lowest BCUT2D eigenvalue weighted by molar-refractivity contribution is -0.170. The van der Waals surface area contributed by atoms with E-state index in [1.54, 1.807) is 25.7 Å². The first kappa shape index (κ1) is 12.4. The van der Waals surface area contributed by atoms with Gasteiger partial charge < -0.3 is 0 Å². The van der Waals surface area contributed by atoms with Gasteiger partial charge in [0.05, 0.1) is 0 Å². The topological polar surface area (TPSA) is 0 Å². The molecule has 0 aromatic heterocycles. The number of hydrogen-bond donors (Lipinski definition) is 0. The van der Waals surface area contributed by atoms with E-state index in [9.17, 15) is 0 Å². The van der Waals surface area contributed by atoms with Crippen molar-refractivity contribution in [3.05, 3.63) is 0 Å². The van der Waals surface area contributed by atoms with Gasteiger partial charge >= 0.3 is 0 Å². The van der Waals surface area contributed by atoms with E-state index in [2.05, 4.69) is 20.8 Å². The van der Waals surface area contributed by atoms with Crippen molar-refractivity contribution in [2.24, 2.45) is 74.9 Å². The largest absolute Gasteiger partial charge is 0.0654 e. The highest BCUT2D eigenvalue weighted by Gasteiger charge is 3.24. The van der Waals surface area contributed by atoms with E-state index in [0.717, 1.165) is 27.6 Å². The molecule has 0 saturated heterocycles. The van der Waals surface area contributed by atoms with E-state index in [4.69, 9.17) is 0 Å². The summed E-state index contributed by atoms with van der Waals surface area (Å²) in [5, 5.41) is 0. The van der Waals surface area contributed by atoms with Crippen LogP contribution in [0.4, 0.5) is 0 Å². The van der Waals surface area contributed by atoms with Crippen molar-refractivity contribution in [3.8, 4) is 0 Å². The molecule has 8 rings (SSSR count). The molecule has 0 N–H and O–H groups in total. The molecule has 8 saturated carbocycles. The fraction of sp³-hybridized carbons (Fsp3) is 1.00. The van der Waals surface area contributed by atoms with Crippen LogP contribution in [0.1, 0.15) is 65.7 Å². The second-order valence-electron chi connectivity index (χ2n) is 11.5. The molecule has 0 aliphatic heterocycles. The van der Waals surface area contributed by atoms with Gasteiger partial charge in [0, 0.05) is 0 Å². The summed E-state index contributed by atoms with van der Waals surface area (Å²) < 4.78 is 0. The van der Waals surface area contributed by atoms with Crippen LogP contribution >= 0.6 is 0 Å². The number of fused-ring (bicyclic) bond motifs is 3. The SMILES string of the molecule is CCCCC1CCC23C1C21C2C(C31)C13C4C(C)C(CCC)C41C23. The Bertz CT molecular complexity index is 680. The molecule has 23 heavy (non-hydrogen) atoms. The minimum atomic E-state index is 0.996. The van der Waals surface area contributed by atoms with Crippen LogP contribution in [0.2, 0.25) is 0 Å². The van der Waals surface area contributed by atoms with Gasteiger partial charge in [-0.3, -0.25) is 0 Å². The lowest BCUT2D eigenvalue weighted by Crippen LogP contribution is -2.60. The molecule has 13 atom stereocenters. The second-order valence-corrected chi connectivity index (χ2v) is 11.5. The molecule has 0 heterocycles. The summed E-state index contributed by atoms with van der Waals surface area (Å²) in [7, 11) is 0. The molecule has 4 spiro atoms. The summed E-state index contributed by atoms with van der Waals surface area (Å²) in [5.41, 5.74) is 4.03. The zero-order chi connectivity index (χ0) is 15.1. The summed E-state index contributed by atoms with van der Waals surface area (Å²) in [6.07, 6.45) is 10.9. The highest BCUT2D eigenvalue weighted by Crippen LogP contribution is 3.26. The maximum atomic E-state index is 2.63. The van der Waals surface area contributed by atoms with Crippen molar-refractivity contribution >= 4 is 0 Å². The van der Waals surface area contributed by atoms with Gasteiger partial charge in [0.25, 0.3) is 0 Å². The summed E-state index contributed by atoms with van der Waals surface area (Å²) in [6, 6.07) is 0. The van der Waals surface area contributed by atoms with E-state index >= 15 is 0 Å². The third kappa shape index (κ3) is 0.689. The quantitative estimate of drug-likeness (QED) is 0.640. The van der Waals surface area contributed by atoms with Gasteiger partial charge in [-0.25, -0.2) is 0 Å². The Morgan fingerprint density at radius 3 is 2.43 bits per heavy atom. The van der Waals surface area contributed by atoms with Gasteiger partial charge in [0.15, 0.2) is 0 Å². The Morgan fingerprint density at radius 2 is 1.65 bits per heavy atom. The number of hydrogen-bond acceptors (Lipinski definition) is 0. The molecule has 13 unspecified atom stereocenters. The summed E-state index contributed by atoms with van der Waals surface area (Å²) in [5.74, 6) is 11.2. The molecule has 8 aliphatic rings. The van der Waals surface area contributed by atoms with Crippen LogP contribution in [0.3, 0.4) is 0 Å². The third-order valence-corrected chi connectivity index (χ3v) is 12.3. The van der Waals surface area contributed by atoms with Gasteiger partial charge in [-0.05, 0) is 94.2 Å². The highest BCUT2D eigenvalue weighted by molar-refractivity contribution is 5.69. The van der Waals surface area contributed by atoms with Gasteiger partial charge in [0.1, 0.15) is 0 Å². The van der Waals surface area contributed by atoms with E-state index in [-0.39, 0.29) is 0 Å². The van der Waals surface area contributed by atoms with Crippen molar-refractivity contribution in [2.75, 3.05) is 0 Å². The molecular weight excluding hydrogens is 276 g/mol. The first-order chi connectivity index (χ1) is 11.2. The maximum absolute atomic E-state index is 2.63. The lowest BCUT2D eigenvalue weighted by atomic mass is 9.41. The van der Waals surface area contributed by atoms with Crippen LogP contribution in [0.25, 0.3) is 0 Å². The van der Waals surface area contributed by atoms with Crippen molar-refractivity contribution in [3.63, 3.8) is 0 Å². The van der Waals surface area contributed by atoms with Crippen molar-refractivity contribution < 1.29 is 0 Å². The zero-order valence-corrected chi connectivity index (χ0v) is 15.1. The third-order valence-electron chi connectivity index (χ3n) is 12.3. The Labute approximate surface area is 141 Å². The minimum Gasteiger partial charge on any atom is -0.0654 e. The second kappa shape index (κ2) is 2.88. The molecular formula is C23H32. The van der Waals surface area contributed by atoms with Crippen LogP contribution in [0.15, 0.2) is 0 Å². The molecule has 0 nitrogen and oxygen atoms in total. The van der Waals surface area contributed by atoms with E-state index in [0.29, 0.717) is 0 Å². The molecule has 0 heteroatoms. The molecule has 0 aromatic carbocycles. The van der Waals surface area contributed by atoms with Crippen LogP contribution in [-0.4, -0.2) is 0 Å². The molecule has 124 valence electrons. The van der Waals surface area contributed by atoms with Crippen LogP contribution < -0.4 is 0 Å². The Morgan fingerprint density at radius 1 is 0.826 bits per heavy atom. The average Bonchev–Trinajstić information content (AvgIpc) is 3.46. The zero-order valence-electron chi connectivity index (χ0n) is 15.1. The lowest BCUT2D eigenvalue weighted by Gasteiger charge is -2.63. The molecule has 0 aromatic rings. The standard InChI is InChI=1S/C23H32/c1-4-6-8-12-9-10-20-17(12)22(20)15-14(18(20)22)23-16-11(3)13(7-5-2)21(16,23)19(15)23/h11-19H,4-10H2,1-3H3.